The molecule has 0 fully saturated rings. The standard InChI is InChI=1S/C13H12BrClN2O2/c1-7(2)12-10(14)11(13(18)19)16-17(12)9-5-3-4-8(15)6-9/h3-7H,1-2H3,(H,18,19). The lowest BCUT2D eigenvalue weighted by Gasteiger charge is -2.10. The number of hydrogen-bond donors (Lipinski definition) is 1. The maximum atomic E-state index is 11.2. The molecule has 6 heteroatoms. The van der Waals surface area contributed by atoms with Crippen molar-refractivity contribution >= 4 is 33.5 Å². The van der Waals surface area contributed by atoms with Crippen LogP contribution < -0.4 is 0 Å². The first-order valence-corrected chi connectivity index (χ1v) is 6.86. The molecule has 0 saturated heterocycles. The minimum absolute atomic E-state index is 0.00340. The van der Waals surface area contributed by atoms with Crippen LogP contribution in [0.15, 0.2) is 28.7 Å². The number of carboxylic acid groups (broad SMARTS) is 1. The number of rotatable bonds is 3. The van der Waals surface area contributed by atoms with Gasteiger partial charge in [-0.15, -0.1) is 0 Å². The summed E-state index contributed by atoms with van der Waals surface area (Å²) in [5.74, 6) is -0.941. The summed E-state index contributed by atoms with van der Waals surface area (Å²) in [5, 5.41) is 13.9. The van der Waals surface area contributed by atoms with Crippen molar-refractivity contribution < 1.29 is 9.90 Å². The molecule has 2 rings (SSSR count). The fraction of sp³-hybridized carbons (Fsp3) is 0.231. The molecule has 19 heavy (non-hydrogen) atoms. The van der Waals surface area contributed by atoms with Crippen LogP contribution in [0.25, 0.3) is 5.69 Å². The molecule has 0 radical (unpaired) electrons. The molecular weight excluding hydrogens is 332 g/mol. The minimum atomic E-state index is -1.06. The van der Waals surface area contributed by atoms with Gasteiger partial charge in [0, 0.05) is 5.02 Å². The third-order valence-electron chi connectivity index (χ3n) is 2.66. The molecule has 0 spiro atoms. The fourth-order valence-corrected chi connectivity index (χ4v) is 2.91. The van der Waals surface area contributed by atoms with E-state index in [-0.39, 0.29) is 11.6 Å². The topological polar surface area (TPSA) is 55.1 Å². The van der Waals surface area contributed by atoms with Gasteiger partial charge in [0.15, 0.2) is 5.69 Å². The van der Waals surface area contributed by atoms with Crippen molar-refractivity contribution in [3.8, 4) is 5.69 Å². The van der Waals surface area contributed by atoms with E-state index in [2.05, 4.69) is 21.0 Å². The highest BCUT2D eigenvalue weighted by Gasteiger charge is 2.23. The summed E-state index contributed by atoms with van der Waals surface area (Å²) in [4.78, 5) is 11.2. The van der Waals surface area contributed by atoms with Crippen molar-refractivity contribution in [1.29, 1.82) is 0 Å². The molecule has 1 N–H and O–H groups in total. The maximum Gasteiger partial charge on any atom is 0.357 e. The molecule has 4 nitrogen and oxygen atoms in total. The van der Waals surface area contributed by atoms with Gasteiger partial charge in [-0.3, -0.25) is 0 Å². The molecule has 0 bridgehead atoms. The van der Waals surface area contributed by atoms with Crippen molar-refractivity contribution in [2.24, 2.45) is 0 Å². The third kappa shape index (κ3) is 2.67. The first-order chi connectivity index (χ1) is 8.91. The molecule has 0 aliphatic rings. The quantitative estimate of drug-likeness (QED) is 0.912. The zero-order valence-electron chi connectivity index (χ0n) is 10.4. The highest BCUT2D eigenvalue weighted by Crippen LogP contribution is 2.30. The van der Waals surface area contributed by atoms with Gasteiger partial charge in [-0.2, -0.15) is 5.10 Å². The van der Waals surface area contributed by atoms with Crippen molar-refractivity contribution in [2.45, 2.75) is 19.8 Å². The molecule has 100 valence electrons. The largest absolute Gasteiger partial charge is 0.476 e. The Morgan fingerprint density at radius 2 is 2.16 bits per heavy atom. The van der Waals surface area contributed by atoms with Crippen LogP contribution in [0.4, 0.5) is 0 Å². The lowest BCUT2D eigenvalue weighted by atomic mass is 10.1. The zero-order valence-corrected chi connectivity index (χ0v) is 12.7. The number of benzene rings is 1. The Morgan fingerprint density at radius 3 is 2.68 bits per heavy atom. The average molecular weight is 344 g/mol. The average Bonchev–Trinajstić information content (AvgIpc) is 2.67. The second-order valence-corrected chi connectivity index (χ2v) is 5.63. The molecule has 0 saturated carbocycles. The zero-order chi connectivity index (χ0) is 14.2. The molecule has 0 aliphatic heterocycles. The van der Waals surface area contributed by atoms with Gasteiger partial charge < -0.3 is 5.11 Å². The number of carbonyl (C=O) groups is 1. The van der Waals surface area contributed by atoms with Crippen LogP contribution in [0.3, 0.4) is 0 Å². The van der Waals surface area contributed by atoms with Gasteiger partial charge >= 0.3 is 5.97 Å². The number of aromatic carboxylic acids is 1. The fourth-order valence-electron chi connectivity index (χ4n) is 1.85. The SMILES string of the molecule is CC(C)c1c(Br)c(C(=O)O)nn1-c1cccc(Cl)c1. The van der Waals surface area contributed by atoms with Crippen molar-refractivity contribution in [3.63, 3.8) is 0 Å². The van der Waals surface area contributed by atoms with Gasteiger partial charge in [0.05, 0.1) is 15.9 Å². The summed E-state index contributed by atoms with van der Waals surface area (Å²) >= 11 is 9.29. The van der Waals surface area contributed by atoms with Gasteiger partial charge in [0.1, 0.15) is 0 Å². The van der Waals surface area contributed by atoms with E-state index in [1.807, 2.05) is 19.9 Å². The minimum Gasteiger partial charge on any atom is -0.476 e. The highest BCUT2D eigenvalue weighted by molar-refractivity contribution is 9.10. The Labute approximate surface area is 124 Å². The van der Waals surface area contributed by atoms with Crippen LogP contribution in [-0.2, 0) is 0 Å². The smallest absolute Gasteiger partial charge is 0.357 e. The number of aromatic nitrogens is 2. The first kappa shape index (κ1) is 14.1. The monoisotopic (exact) mass is 342 g/mol. The second kappa shape index (κ2) is 5.35. The lowest BCUT2D eigenvalue weighted by Crippen LogP contribution is -2.04. The molecule has 0 amide bonds. The number of nitrogens with zero attached hydrogens (tertiary/aromatic N) is 2. The Bertz CT molecular complexity index is 638. The van der Waals surface area contributed by atoms with E-state index in [9.17, 15) is 4.79 Å². The summed E-state index contributed by atoms with van der Waals surface area (Å²) in [5.41, 5.74) is 1.55. The van der Waals surface area contributed by atoms with Gasteiger partial charge in [0.2, 0.25) is 0 Å². The van der Waals surface area contributed by atoms with Gasteiger partial charge in [0.25, 0.3) is 0 Å². The van der Waals surface area contributed by atoms with E-state index in [0.717, 1.165) is 11.4 Å². The van der Waals surface area contributed by atoms with Crippen LogP contribution in [-0.4, -0.2) is 20.9 Å². The Hall–Kier alpha value is -1.33. The Balaban J connectivity index is 2.69. The van der Waals surface area contributed by atoms with Gasteiger partial charge in [-0.05, 0) is 40.0 Å². The van der Waals surface area contributed by atoms with Crippen LogP contribution in [0, 0.1) is 0 Å². The summed E-state index contributed by atoms with van der Waals surface area (Å²) in [6, 6.07) is 7.15. The van der Waals surface area contributed by atoms with Crippen molar-refractivity contribution in [3.05, 3.63) is 45.1 Å². The van der Waals surface area contributed by atoms with E-state index in [1.165, 1.54) is 0 Å². The molecule has 2 aromatic rings. The third-order valence-corrected chi connectivity index (χ3v) is 3.68. The van der Waals surface area contributed by atoms with Gasteiger partial charge in [-0.1, -0.05) is 31.5 Å². The molecule has 0 unspecified atom stereocenters. The molecule has 0 aliphatic carbocycles. The van der Waals surface area contributed by atoms with Crippen LogP contribution >= 0.6 is 27.5 Å². The lowest BCUT2D eigenvalue weighted by molar-refractivity contribution is 0.0689. The highest BCUT2D eigenvalue weighted by atomic mass is 79.9. The second-order valence-electron chi connectivity index (χ2n) is 4.40. The van der Waals surface area contributed by atoms with E-state index in [1.54, 1.807) is 22.9 Å². The number of carboxylic acids is 1. The predicted octanol–water partition coefficient (Wildman–Crippen LogP) is 4.11. The molecule has 1 aromatic heterocycles. The van der Waals surface area contributed by atoms with Crippen LogP contribution in [0.2, 0.25) is 5.02 Å². The van der Waals surface area contributed by atoms with Crippen LogP contribution in [0.5, 0.6) is 0 Å². The summed E-state index contributed by atoms with van der Waals surface area (Å²) in [7, 11) is 0. The first-order valence-electron chi connectivity index (χ1n) is 5.69. The van der Waals surface area contributed by atoms with E-state index < -0.39 is 5.97 Å². The van der Waals surface area contributed by atoms with Gasteiger partial charge in [-0.25, -0.2) is 9.48 Å². The van der Waals surface area contributed by atoms with Crippen LogP contribution in [0.1, 0.15) is 35.9 Å². The van der Waals surface area contributed by atoms with E-state index in [0.29, 0.717) is 9.50 Å². The van der Waals surface area contributed by atoms with Crippen molar-refractivity contribution in [1.82, 2.24) is 9.78 Å². The summed E-state index contributed by atoms with van der Waals surface area (Å²) in [6.45, 7) is 3.96. The summed E-state index contributed by atoms with van der Waals surface area (Å²) in [6.07, 6.45) is 0. The van der Waals surface area contributed by atoms with Crippen molar-refractivity contribution in [2.75, 3.05) is 0 Å². The van der Waals surface area contributed by atoms with E-state index in [4.69, 9.17) is 16.7 Å². The predicted molar refractivity (Wildman–Crippen MR) is 77.3 cm³/mol. The molecule has 0 atom stereocenters. The normalized spacial score (nSPS) is 11.0. The molecule has 1 heterocycles. The Morgan fingerprint density at radius 1 is 1.47 bits per heavy atom. The summed E-state index contributed by atoms with van der Waals surface area (Å²) < 4.78 is 2.12. The Kier molecular flexibility index (Phi) is 3.96. The van der Waals surface area contributed by atoms with E-state index >= 15 is 0 Å². The molecule has 1 aromatic carbocycles. The number of halogens is 2. The maximum absolute atomic E-state index is 11.2. The number of hydrogen-bond acceptors (Lipinski definition) is 2. The molecular formula is C13H12BrClN2O2.